The number of allylic oxidation sites excluding steroid dienone is 4. The second-order valence-electron chi connectivity index (χ2n) is 4.87. The molecule has 0 saturated heterocycles. The molecule has 0 amide bonds. The van der Waals surface area contributed by atoms with E-state index in [2.05, 4.69) is 10.4 Å². The predicted molar refractivity (Wildman–Crippen MR) is 100 cm³/mol. The standard InChI is InChI=1S/C7H8O2S.2C4H8N2O2.Co.H2O/c1-6-2-4-7(5-3-6)10(8)9;2*1-3(5-7)4(2)6-8;;/h2-5H,1H3,(H,8,9);2*5,7H,1-2H3;;1H2/p-1/b;2*4-3-;;. The third kappa shape index (κ3) is 16.2. The zero-order valence-corrected chi connectivity index (χ0v) is 17.8. The fraction of sp³-hybridized carbons (Fsp3) is 0.333. The number of hydrogen-bond acceptors (Lipinski definition) is 10. The molecular weight excluding hydrogens is 439 g/mol. The molecule has 0 spiro atoms. The SMILES string of the molecule is C/C(N=O)=C(\C)NO.C/C(N=O)=C(\C)NO.Cc1ccc(S(=O)[O-])cc1.O.[Co]. The first kappa shape index (κ1) is 33.6. The second-order valence-corrected chi connectivity index (χ2v) is 5.82. The van der Waals surface area contributed by atoms with E-state index in [1.165, 1.54) is 13.8 Å². The van der Waals surface area contributed by atoms with E-state index < -0.39 is 11.1 Å². The first-order chi connectivity index (χ1) is 12.1. The Bertz CT molecular complexity index is 637. The number of rotatable bonds is 5. The average molecular weight is 464 g/mol. The van der Waals surface area contributed by atoms with E-state index in [1.54, 1.807) is 49.1 Å². The van der Waals surface area contributed by atoms with Crippen LogP contribution in [0.1, 0.15) is 33.3 Å². The van der Waals surface area contributed by atoms with Gasteiger partial charge in [-0.1, -0.05) is 17.7 Å². The minimum Gasteiger partial charge on any atom is -0.768 e. The minimum absolute atomic E-state index is 0. The van der Waals surface area contributed by atoms with Gasteiger partial charge >= 0.3 is 0 Å². The predicted octanol–water partition coefficient (Wildman–Crippen LogP) is 2.37. The molecule has 0 aliphatic carbocycles. The summed E-state index contributed by atoms with van der Waals surface area (Å²) in [6, 6.07) is 6.70. The number of nitroso groups, excluding NO2 is 2. The zero-order valence-electron chi connectivity index (χ0n) is 16.0. The normalized spacial score (nSPS) is 11.7. The van der Waals surface area contributed by atoms with Crippen LogP contribution >= 0.6 is 0 Å². The number of nitrogens with one attached hydrogen (secondary N) is 2. The van der Waals surface area contributed by atoms with Gasteiger partial charge in [-0.05, 0) is 68.2 Å². The van der Waals surface area contributed by atoms with Crippen LogP contribution in [-0.2, 0) is 27.9 Å². The molecule has 0 fully saturated rings. The molecule has 1 unspecified atom stereocenters. The molecular formula is C15H25CoN4O7S-. The van der Waals surface area contributed by atoms with E-state index in [1.807, 2.05) is 6.92 Å². The number of benzene rings is 1. The summed E-state index contributed by atoms with van der Waals surface area (Å²) in [6.45, 7) is 8.03. The largest absolute Gasteiger partial charge is 0.768 e. The Morgan fingerprint density at radius 1 is 0.929 bits per heavy atom. The molecule has 13 heteroatoms. The van der Waals surface area contributed by atoms with Gasteiger partial charge in [0.25, 0.3) is 0 Å². The van der Waals surface area contributed by atoms with Crippen LogP contribution in [0.15, 0.2) is 62.3 Å². The van der Waals surface area contributed by atoms with Crippen LogP contribution < -0.4 is 11.0 Å². The van der Waals surface area contributed by atoms with Gasteiger partial charge in [0.2, 0.25) is 0 Å². The maximum atomic E-state index is 10.3. The van der Waals surface area contributed by atoms with Crippen LogP contribution in [0.3, 0.4) is 0 Å². The Balaban J connectivity index is -0.000000151. The van der Waals surface area contributed by atoms with Crippen LogP contribution in [-0.4, -0.2) is 24.7 Å². The summed E-state index contributed by atoms with van der Waals surface area (Å²) in [5.41, 5.74) is 5.93. The van der Waals surface area contributed by atoms with Gasteiger partial charge in [-0.25, -0.2) is 0 Å². The van der Waals surface area contributed by atoms with E-state index in [0.717, 1.165) is 5.56 Å². The third-order valence-electron chi connectivity index (χ3n) is 2.91. The summed E-state index contributed by atoms with van der Waals surface area (Å²) < 4.78 is 20.6. The van der Waals surface area contributed by atoms with E-state index >= 15 is 0 Å². The van der Waals surface area contributed by atoms with Crippen molar-refractivity contribution in [2.45, 2.75) is 39.5 Å². The molecule has 1 aromatic carbocycles. The van der Waals surface area contributed by atoms with Crippen LogP contribution in [0.25, 0.3) is 0 Å². The molecule has 11 nitrogen and oxygen atoms in total. The molecule has 0 saturated carbocycles. The van der Waals surface area contributed by atoms with Crippen molar-refractivity contribution in [3.8, 4) is 0 Å². The fourth-order valence-corrected chi connectivity index (χ4v) is 1.31. The molecule has 0 aliphatic rings. The van der Waals surface area contributed by atoms with Crippen LogP contribution in [0.5, 0.6) is 0 Å². The third-order valence-corrected chi connectivity index (χ3v) is 3.57. The molecule has 1 rings (SSSR count). The summed E-state index contributed by atoms with van der Waals surface area (Å²) >= 11 is -2.09. The number of hydrogen-bond donors (Lipinski definition) is 4. The van der Waals surface area contributed by atoms with E-state index in [0.29, 0.717) is 16.3 Å². The minimum atomic E-state index is -2.09. The maximum Gasteiger partial charge on any atom is 0.103 e. The molecule has 1 aromatic rings. The Labute approximate surface area is 176 Å². The summed E-state index contributed by atoms with van der Waals surface area (Å²) in [4.78, 5) is 19.6. The molecule has 28 heavy (non-hydrogen) atoms. The number of hydroxylamine groups is 2. The quantitative estimate of drug-likeness (QED) is 0.289. The molecule has 163 valence electrons. The molecule has 0 aromatic heterocycles. The van der Waals surface area contributed by atoms with Crippen LogP contribution in [0.2, 0.25) is 0 Å². The van der Waals surface area contributed by atoms with E-state index in [4.69, 9.17) is 10.4 Å². The molecule has 1 radical (unpaired) electrons. The van der Waals surface area contributed by atoms with E-state index in [9.17, 15) is 18.6 Å². The van der Waals surface area contributed by atoms with Crippen LogP contribution in [0, 0.1) is 16.7 Å². The molecule has 1 atom stereocenters. The second kappa shape index (κ2) is 19.7. The van der Waals surface area contributed by atoms with Crippen molar-refractivity contribution in [3.05, 3.63) is 62.4 Å². The van der Waals surface area contributed by atoms with Crippen molar-refractivity contribution in [2.75, 3.05) is 0 Å². The Kier molecular flexibility index (Phi) is 23.7. The zero-order chi connectivity index (χ0) is 20.7. The number of nitrogens with zero attached hydrogens (tertiary/aromatic N) is 2. The van der Waals surface area contributed by atoms with Gasteiger partial charge in [0.15, 0.2) is 0 Å². The van der Waals surface area contributed by atoms with Gasteiger partial charge in [0, 0.05) is 21.7 Å². The van der Waals surface area contributed by atoms with Crippen molar-refractivity contribution in [1.82, 2.24) is 11.0 Å². The van der Waals surface area contributed by atoms with Gasteiger partial charge in [0.05, 0.1) is 11.4 Å². The van der Waals surface area contributed by atoms with Crippen molar-refractivity contribution >= 4 is 11.1 Å². The summed E-state index contributed by atoms with van der Waals surface area (Å²) in [7, 11) is 0. The first-order valence-corrected chi connectivity index (χ1v) is 8.19. The average Bonchev–Trinajstić information content (AvgIpc) is 2.66. The number of aryl methyl sites for hydroxylation is 1. The van der Waals surface area contributed by atoms with Crippen molar-refractivity contribution in [1.29, 1.82) is 0 Å². The monoisotopic (exact) mass is 464 g/mol. The topological polar surface area (TPSA) is 195 Å². The Morgan fingerprint density at radius 2 is 1.25 bits per heavy atom. The molecule has 0 heterocycles. The maximum absolute atomic E-state index is 10.3. The first-order valence-electron chi connectivity index (χ1n) is 7.12. The Morgan fingerprint density at radius 3 is 1.43 bits per heavy atom. The van der Waals surface area contributed by atoms with Crippen molar-refractivity contribution in [3.63, 3.8) is 0 Å². The summed E-state index contributed by atoms with van der Waals surface area (Å²) in [6.07, 6.45) is 0. The molecule has 0 bridgehead atoms. The summed E-state index contributed by atoms with van der Waals surface area (Å²) in [5.74, 6) is 0. The van der Waals surface area contributed by atoms with Gasteiger partial charge in [-0.2, -0.15) is 0 Å². The van der Waals surface area contributed by atoms with Gasteiger partial charge < -0.3 is 10.0 Å². The van der Waals surface area contributed by atoms with Crippen molar-refractivity contribution < 1.29 is 41.4 Å². The van der Waals surface area contributed by atoms with Gasteiger partial charge in [-0.15, -0.1) is 9.81 Å². The Hall–Kier alpha value is -2.00. The smallest absolute Gasteiger partial charge is 0.103 e. The molecule has 6 N–H and O–H groups in total. The fourth-order valence-electron chi connectivity index (χ4n) is 0.948. The van der Waals surface area contributed by atoms with Crippen molar-refractivity contribution in [2.24, 2.45) is 10.4 Å². The summed E-state index contributed by atoms with van der Waals surface area (Å²) in [5, 5.41) is 21.4. The van der Waals surface area contributed by atoms with Crippen LogP contribution in [0.4, 0.5) is 0 Å². The van der Waals surface area contributed by atoms with Gasteiger partial charge in [0.1, 0.15) is 11.4 Å². The molecule has 0 aliphatic heterocycles. The van der Waals surface area contributed by atoms with Gasteiger partial charge in [-0.3, -0.25) is 25.6 Å². The van der Waals surface area contributed by atoms with E-state index in [-0.39, 0.29) is 33.6 Å².